The Hall–Kier alpha value is -0.120. The Labute approximate surface area is 73.1 Å². The number of likely N-dealkylation sites (tertiary alicyclic amines) is 1. The van der Waals surface area contributed by atoms with Crippen LogP contribution in [0.3, 0.4) is 0 Å². The van der Waals surface area contributed by atoms with Crippen LogP contribution >= 0.6 is 0 Å². The van der Waals surface area contributed by atoms with Crippen LogP contribution in [0.25, 0.3) is 0 Å². The van der Waals surface area contributed by atoms with E-state index in [2.05, 4.69) is 10.2 Å². The summed E-state index contributed by atoms with van der Waals surface area (Å²) in [5.74, 6) is 0. The molecule has 0 radical (unpaired) electrons. The normalized spacial score (nSPS) is 47.5. The van der Waals surface area contributed by atoms with Crippen LogP contribution < -0.4 is 5.32 Å². The highest BCUT2D eigenvalue weighted by molar-refractivity contribution is 4.96. The van der Waals surface area contributed by atoms with Gasteiger partial charge in [-0.2, -0.15) is 0 Å². The summed E-state index contributed by atoms with van der Waals surface area (Å²) in [6, 6.07) is 1.56. The molecule has 0 unspecified atom stereocenters. The summed E-state index contributed by atoms with van der Waals surface area (Å²) in [4.78, 5) is 2.66. The van der Waals surface area contributed by atoms with E-state index in [1.54, 1.807) is 0 Å². The van der Waals surface area contributed by atoms with Crippen LogP contribution in [0.4, 0.5) is 0 Å². The van der Waals surface area contributed by atoms with E-state index in [1.165, 1.54) is 32.5 Å². The van der Waals surface area contributed by atoms with Gasteiger partial charge in [0.1, 0.15) is 0 Å². The Morgan fingerprint density at radius 3 is 2.92 bits per heavy atom. The third-order valence-corrected chi connectivity index (χ3v) is 3.45. The molecule has 0 aromatic carbocycles. The zero-order chi connectivity index (χ0) is 7.97. The molecular formula is C9H16N2O. The topological polar surface area (TPSA) is 24.5 Å². The maximum atomic E-state index is 5.58. The first-order chi connectivity index (χ1) is 5.93. The molecule has 3 atom stereocenters. The van der Waals surface area contributed by atoms with Crippen LogP contribution in [0, 0.1) is 0 Å². The fraction of sp³-hybridized carbons (Fsp3) is 1.00. The minimum Gasteiger partial charge on any atom is -0.375 e. The van der Waals surface area contributed by atoms with Crippen molar-refractivity contribution in [1.29, 1.82) is 0 Å². The van der Waals surface area contributed by atoms with E-state index in [1.807, 2.05) is 0 Å². The molecule has 3 fully saturated rings. The monoisotopic (exact) mass is 168 g/mol. The number of nitrogens with zero attached hydrogens (tertiary/aromatic N) is 1. The van der Waals surface area contributed by atoms with E-state index in [0.29, 0.717) is 6.10 Å². The van der Waals surface area contributed by atoms with E-state index in [4.69, 9.17) is 4.74 Å². The van der Waals surface area contributed by atoms with E-state index >= 15 is 0 Å². The summed E-state index contributed by atoms with van der Waals surface area (Å²) in [6.07, 6.45) is 3.19. The Kier molecular flexibility index (Phi) is 1.63. The van der Waals surface area contributed by atoms with Crippen LogP contribution in [0.1, 0.15) is 12.8 Å². The van der Waals surface area contributed by atoms with Crippen molar-refractivity contribution < 1.29 is 4.74 Å². The molecule has 1 N–H and O–H groups in total. The third kappa shape index (κ3) is 1.00. The Morgan fingerprint density at radius 2 is 2.33 bits per heavy atom. The summed E-state index contributed by atoms with van der Waals surface area (Å²) in [5.41, 5.74) is 0. The van der Waals surface area contributed by atoms with Crippen LogP contribution in [0.2, 0.25) is 0 Å². The average Bonchev–Trinajstić information content (AvgIpc) is 2.81. The molecule has 0 amide bonds. The third-order valence-electron chi connectivity index (χ3n) is 3.45. The second-order valence-electron chi connectivity index (χ2n) is 4.19. The van der Waals surface area contributed by atoms with Gasteiger partial charge in [0.25, 0.3) is 0 Å². The number of hydrogen-bond acceptors (Lipinski definition) is 3. The van der Waals surface area contributed by atoms with Gasteiger partial charge in [-0.1, -0.05) is 0 Å². The van der Waals surface area contributed by atoms with Crippen molar-refractivity contribution in [2.75, 3.05) is 26.2 Å². The van der Waals surface area contributed by atoms with Gasteiger partial charge < -0.3 is 10.1 Å². The number of rotatable bonds is 1. The van der Waals surface area contributed by atoms with Gasteiger partial charge in [-0.3, -0.25) is 4.90 Å². The number of ether oxygens (including phenoxy) is 1. The highest BCUT2D eigenvalue weighted by atomic mass is 16.5. The quantitative estimate of drug-likeness (QED) is 0.588. The molecule has 3 rings (SSSR count). The zero-order valence-corrected chi connectivity index (χ0v) is 7.33. The zero-order valence-electron chi connectivity index (χ0n) is 7.33. The minimum absolute atomic E-state index is 0.565. The van der Waals surface area contributed by atoms with E-state index in [9.17, 15) is 0 Å². The molecule has 0 aromatic heterocycles. The molecule has 0 saturated carbocycles. The van der Waals surface area contributed by atoms with Gasteiger partial charge in [-0.15, -0.1) is 0 Å². The van der Waals surface area contributed by atoms with E-state index < -0.39 is 0 Å². The summed E-state index contributed by atoms with van der Waals surface area (Å²) in [7, 11) is 0. The van der Waals surface area contributed by atoms with Crippen molar-refractivity contribution in [3.8, 4) is 0 Å². The van der Waals surface area contributed by atoms with Crippen molar-refractivity contribution >= 4 is 0 Å². The summed E-state index contributed by atoms with van der Waals surface area (Å²) in [5, 5.41) is 3.43. The van der Waals surface area contributed by atoms with E-state index in [-0.39, 0.29) is 0 Å². The van der Waals surface area contributed by atoms with Crippen molar-refractivity contribution in [2.24, 2.45) is 0 Å². The molecule has 3 saturated heterocycles. The smallest absolute Gasteiger partial charge is 0.0718 e. The van der Waals surface area contributed by atoms with Crippen LogP contribution in [-0.4, -0.2) is 49.3 Å². The highest BCUT2D eigenvalue weighted by Gasteiger charge is 2.42. The van der Waals surface area contributed by atoms with E-state index in [0.717, 1.165) is 18.7 Å². The predicted molar refractivity (Wildman–Crippen MR) is 46.1 cm³/mol. The second kappa shape index (κ2) is 2.69. The summed E-state index contributed by atoms with van der Waals surface area (Å²) < 4.78 is 5.58. The molecule has 3 heterocycles. The number of nitrogens with one attached hydrogen (secondary N) is 1. The number of morpholine rings is 1. The van der Waals surface area contributed by atoms with Gasteiger partial charge in [0.15, 0.2) is 0 Å². The first-order valence-corrected chi connectivity index (χ1v) is 5.01. The second-order valence-corrected chi connectivity index (χ2v) is 4.19. The summed E-state index contributed by atoms with van der Waals surface area (Å²) >= 11 is 0. The van der Waals surface area contributed by atoms with Crippen molar-refractivity contribution in [2.45, 2.75) is 31.0 Å². The van der Waals surface area contributed by atoms with Crippen LogP contribution in [-0.2, 0) is 4.74 Å². The lowest BCUT2D eigenvalue weighted by Gasteiger charge is -2.31. The molecule has 3 nitrogen and oxygen atoms in total. The van der Waals surface area contributed by atoms with Crippen LogP contribution in [0.5, 0.6) is 0 Å². The molecule has 68 valence electrons. The molecule has 0 aromatic rings. The lowest BCUT2D eigenvalue weighted by atomic mass is 10.2. The summed E-state index contributed by atoms with van der Waals surface area (Å²) in [6.45, 7) is 4.58. The minimum atomic E-state index is 0.565. The molecule has 2 bridgehead atoms. The first-order valence-electron chi connectivity index (χ1n) is 5.01. The molecule has 12 heavy (non-hydrogen) atoms. The highest BCUT2D eigenvalue weighted by Crippen LogP contribution is 2.30. The van der Waals surface area contributed by atoms with Gasteiger partial charge in [-0.25, -0.2) is 0 Å². The van der Waals surface area contributed by atoms with Crippen molar-refractivity contribution in [3.63, 3.8) is 0 Å². The predicted octanol–water partition coefficient (Wildman–Crippen LogP) is -0.179. The lowest BCUT2D eigenvalue weighted by molar-refractivity contribution is 0.0150. The fourth-order valence-corrected chi connectivity index (χ4v) is 2.80. The van der Waals surface area contributed by atoms with Crippen LogP contribution in [0.15, 0.2) is 0 Å². The molecule has 3 aliphatic rings. The number of fused-ring (bicyclic) bond motifs is 2. The molecule has 3 aliphatic heterocycles. The number of hydrogen-bond donors (Lipinski definition) is 1. The molecule has 0 aliphatic carbocycles. The first kappa shape index (κ1) is 7.30. The van der Waals surface area contributed by atoms with Crippen molar-refractivity contribution in [3.05, 3.63) is 0 Å². The largest absolute Gasteiger partial charge is 0.375 e. The lowest BCUT2D eigenvalue weighted by Crippen LogP contribution is -2.45. The SMILES string of the molecule is C1C[C@@H](N2C[C@H]3C[C@@H]2CO3)CN1. The van der Waals surface area contributed by atoms with Gasteiger partial charge in [0.2, 0.25) is 0 Å². The van der Waals surface area contributed by atoms with Crippen molar-refractivity contribution in [1.82, 2.24) is 10.2 Å². The Morgan fingerprint density at radius 1 is 1.33 bits per heavy atom. The average molecular weight is 168 g/mol. The van der Waals surface area contributed by atoms with Gasteiger partial charge in [0, 0.05) is 25.2 Å². The fourth-order valence-electron chi connectivity index (χ4n) is 2.80. The van der Waals surface area contributed by atoms with Gasteiger partial charge in [0.05, 0.1) is 12.7 Å². The van der Waals surface area contributed by atoms with Gasteiger partial charge >= 0.3 is 0 Å². The maximum Gasteiger partial charge on any atom is 0.0718 e. The molecule has 0 spiro atoms. The standard InChI is InChI=1S/C9H16N2O/c1-2-10-4-7(1)11-5-9-3-8(11)6-12-9/h7-10H,1-6H2/t7-,8-,9-/m1/s1. The van der Waals surface area contributed by atoms with Gasteiger partial charge in [-0.05, 0) is 19.4 Å². The maximum absolute atomic E-state index is 5.58. The Balaban J connectivity index is 1.69. The Bertz CT molecular complexity index is 179. The molecule has 3 heteroatoms. The molecular weight excluding hydrogens is 152 g/mol.